The Hall–Kier alpha value is -7.92. The maximum atomic E-state index is 15.0. The minimum atomic E-state index is -0.857. The van der Waals surface area contributed by atoms with Crippen LogP contribution in [0.3, 0.4) is 0 Å². The Balaban J connectivity index is 0.973. The van der Waals surface area contributed by atoms with Crippen molar-refractivity contribution in [2.24, 2.45) is 29.6 Å². The predicted molar refractivity (Wildman–Crippen MR) is 258 cm³/mol. The Labute approximate surface area is 388 Å². The van der Waals surface area contributed by atoms with Gasteiger partial charge in [-0.05, 0) is 107 Å². The van der Waals surface area contributed by atoms with Crippen LogP contribution in [-0.4, -0.2) is 57.2 Å². The molecule has 67 heavy (non-hydrogen) atoms. The van der Waals surface area contributed by atoms with Crippen molar-refractivity contribution in [3.63, 3.8) is 0 Å². The number of aromatic hydroxyl groups is 1. The molecule has 2 aliphatic carbocycles. The summed E-state index contributed by atoms with van der Waals surface area (Å²) in [5.41, 5.74) is 5.56. The highest BCUT2D eigenvalue weighted by atomic mass is 16.5. The number of phenolic OH excluding ortho intramolecular Hbond substituents is 1. The van der Waals surface area contributed by atoms with Crippen LogP contribution in [0.15, 0.2) is 133 Å². The average Bonchev–Trinajstić information content (AvgIpc) is 3.77. The lowest BCUT2D eigenvalue weighted by Gasteiger charge is -2.44. The third kappa shape index (κ3) is 7.40. The van der Waals surface area contributed by atoms with Crippen molar-refractivity contribution in [1.29, 1.82) is 0 Å². The fourth-order valence-corrected chi connectivity index (χ4v) is 10.8. The van der Waals surface area contributed by atoms with E-state index in [1.54, 1.807) is 58.8 Å². The molecule has 1 saturated carbocycles. The molecule has 6 aromatic rings. The van der Waals surface area contributed by atoms with Gasteiger partial charge in [0.2, 0.25) is 23.6 Å². The minimum Gasteiger partial charge on any atom is -0.508 e. The molecule has 2 aliphatic heterocycles. The first kappa shape index (κ1) is 43.0. The van der Waals surface area contributed by atoms with E-state index >= 15 is 0 Å². The molecule has 3 fully saturated rings. The van der Waals surface area contributed by atoms with E-state index in [0.29, 0.717) is 39.9 Å². The third-order valence-corrected chi connectivity index (χ3v) is 14.0. The van der Waals surface area contributed by atoms with Gasteiger partial charge in [0, 0.05) is 22.6 Å². The predicted octanol–water partition coefficient (Wildman–Crippen LogP) is 9.97. The Morgan fingerprint density at radius 1 is 0.537 bits per heavy atom. The van der Waals surface area contributed by atoms with E-state index in [0.717, 1.165) is 38.6 Å². The Morgan fingerprint density at radius 3 is 1.63 bits per heavy atom. The molecule has 6 aromatic carbocycles. The molecule has 0 aromatic heterocycles. The second-order valence-corrected chi connectivity index (χ2v) is 17.3. The molecule has 0 unspecified atom stereocenters. The molecule has 0 radical (unpaired) electrons. The highest BCUT2D eigenvalue weighted by Crippen LogP contribution is 2.60. The number of phenols is 1. The lowest BCUT2D eigenvalue weighted by molar-refractivity contribution is -0.126. The Morgan fingerprint density at radius 2 is 1.07 bits per heavy atom. The summed E-state index contributed by atoms with van der Waals surface area (Å²) in [7, 11) is 6.42. The van der Waals surface area contributed by atoms with Crippen molar-refractivity contribution in [2.45, 2.75) is 18.8 Å². The number of rotatable bonds is 11. The van der Waals surface area contributed by atoms with Crippen molar-refractivity contribution in [3.8, 4) is 28.7 Å². The maximum absolute atomic E-state index is 15.0. The van der Waals surface area contributed by atoms with E-state index in [4.69, 9.17) is 18.9 Å². The molecule has 2 saturated heterocycles. The topological polar surface area (TPSA) is 132 Å². The highest BCUT2D eigenvalue weighted by Gasteiger charge is 2.62. The Kier molecular flexibility index (Phi) is 11.2. The zero-order chi connectivity index (χ0) is 46.5. The van der Waals surface area contributed by atoms with Gasteiger partial charge in [-0.2, -0.15) is 0 Å². The number of nitrogens with zero attached hydrogens (tertiary/aromatic N) is 2. The minimum absolute atomic E-state index is 0.00284. The van der Waals surface area contributed by atoms with E-state index in [1.165, 1.54) is 9.80 Å². The number of amides is 4. The summed E-state index contributed by atoms with van der Waals surface area (Å²) < 4.78 is 21.9. The monoisotopic (exact) mass is 892 g/mol. The average molecular weight is 893 g/mol. The largest absolute Gasteiger partial charge is 0.508 e. The number of carbonyl (C=O) groups excluding carboxylic acids is 4. The van der Waals surface area contributed by atoms with E-state index in [1.807, 2.05) is 121 Å². The van der Waals surface area contributed by atoms with Crippen molar-refractivity contribution >= 4 is 70.1 Å². The highest BCUT2D eigenvalue weighted by molar-refractivity contribution is 6.24. The lowest BCUT2D eigenvalue weighted by atomic mass is 9.56. The number of hydrogen-bond donors (Lipinski definition) is 1. The van der Waals surface area contributed by atoms with Crippen LogP contribution in [0.5, 0.6) is 28.7 Å². The molecule has 0 spiro atoms. The van der Waals surface area contributed by atoms with Crippen molar-refractivity contribution in [3.05, 3.63) is 161 Å². The van der Waals surface area contributed by atoms with Crippen molar-refractivity contribution in [1.82, 2.24) is 0 Å². The SMILES string of the molecule is COc1ccc(OC)c(C=Cc2ccc(N3C(=O)[C@H]4[C@H](CC=C5[C@H]4C[C@H]4C(=O)N(c6ccc(C=Cc7cc(OC)ccc7OC)cc6)C(=O)[C@H]4[C@H]5c4c(O)ccc5ccccc45)C3=O)cc2)c1. The van der Waals surface area contributed by atoms with E-state index in [2.05, 4.69) is 0 Å². The van der Waals surface area contributed by atoms with Crippen LogP contribution in [-0.2, 0) is 19.2 Å². The number of hydrogen-bond acceptors (Lipinski definition) is 9. The molecule has 6 atom stereocenters. The first-order valence-corrected chi connectivity index (χ1v) is 22.3. The quantitative estimate of drug-likeness (QED) is 0.0767. The van der Waals surface area contributed by atoms with E-state index in [-0.39, 0.29) is 42.2 Å². The molecule has 10 rings (SSSR count). The zero-order valence-corrected chi connectivity index (χ0v) is 37.4. The summed E-state index contributed by atoms with van der Waals surface area (Å²) in [5, 5.41) is 13.4. The van der Waals surface area contributed by atoms with Crippen LogP contribution in [0.2, 0.25) is 0 Å². The van der Waals surface area contributed by atoms with E-state index in [9.17, 15) is 24.3 Å². The van der Waals surface area contributed by atoms with Gasteiger partial charge in [0.25, 0.3) is 0 Å². The zero-order valence-electron chi connectivity index (χ0n) is 37.4. The first-order valence-electron chi connectivity index (χ1n) is 22.3. The maximum Gasteiger partial charge on any atom is 0.238 e. The van der Waals surface area contributed by atoms with Gasteiger partial charge in [-0.3, -0.25) is 29.0 Å². The van der Waals surface area contributed by atoms with Gasteiger partial charge in [0.05, 0.1) is 63.5 Å². The van der Waals surface area contributed by atoms with Gasteiger partial charge >= 0.3 is 0 Å². The van der Waals surface area contributed by atoms with Gasteiger partial charge in [-0.25, -0.2) is 0 Å². The van der Waals surface area contributed by atoms with Crippen LogP contribution >= 0.6 is 0 Å². The molecule has 11 nitrogen and oxygen atoms in total. The molecule has 1 N–H and O–H groups in total. The van der Waals surface area contributed by atoms with Gasteiger partial charge in [0.1, 0.15) is 28.7 Å². The van der Waals surface area contributed by atoms with Crippen molar-refractivity contribution in [2.75, 3.05) is 38.2 Å². The number of fused-ring (bicyclic) bond motifs is 5. The second kappa shape index (κ2) is 17.5. The molecule has 4 amide bonds. The van der Waals surface area contributed by atoms with Crippen molar-refractivity contribution < 1.29 is 43.2 Å². The van der Waals surface area contributed by atoms with Gasteiger partial charge in [0.15, 0.2) is 0 Å². The van der Waals surface area contributed by atoms with Gasteiger partial charge in [-0.1, -0.05) is 90.6 Å². The molecular formula is C56H48N2O9. The molecule has 0 bridgehead atoms. The number of ether oxygens (including phenoxy) is 4. The smallest absolute Gasteiger partial charge is 0.238 e. The number of allylic oxidation sites excluding steroid dienone is 2. The summed E-state index contributed by atoms with van der Waals surface area (Å²) in [5.74, 6) is -2.98. The normalized spacial score (nSPS) is 22.3. The summed E-state index contributed by atoms with van der Waals surface area (Å²) >= 11 is 0. The molecule has 2 heterocycles. The van der Waals surface area contributed by atoms with Crippen LogP contribution in [0, 0.1) is 29.6 Å². The summed E-state index contributed by atoms with van der Waals surface area (Å²) in [6.45, 7) is 0. The van der Waals surface area contributed by atoms with Gasteiger partial charge in [-0.15, -0.1) is 0 Å². The lowest BCUT2D eigenvalue weighted by Crippen LogP contribution is -2.43. The fraction of sp³-hybridized carbons (Fsp3) is 0.214. The molecular weight excluding hydrogens is 845 g/mol. The summed E-state index contributed by atoms with van der Waals surface area (Å²) in [4.78, 5) is 61.6. The first-order chi connectivity index (χ1) is 32.6. The van der Waals surface area contributed by atoms with Crippen LogP contribution in [0.25, 0.3) is 35.1 Å². The van der Waals surface area contributed by atoms with E-state index < -0.39 is 35.5 Å². The number of methoxy groups -OCH3 is 4. The summed E-state index contributed by atoms with van der Waals surface area (Å²) in [6.07, 6.45) is 10.1. The third-order valence-electron chi connectivity index (χ3n) is 14.0. The van der Waals surface area contributed by atoms with Crippen LogP contribution in [0.1, 0.15) is 46.6 Å². The van der Waals surface area contributed by atoms with Crippen LogP contribution < -0.4 is 28.7 Å². The molecule has 336 valence electrons. The Bertz CT molecular complexity index is 3060. The number of benzene rings is 6. The molecule has 11 heteroatoms. The van der Waals surface area contributed by atoms with Gasteiger partial charge < -0.3 is 24.1 Å². The number of imide groups is 2. The second-order valence-electron chi connectivity index (χ2n) is 17.3. The standard InChI is InChI=1S/C56H48N2O9/c1-64-39-22-27-47(66-3)35(29-39)15-9-32-11-18-37(19-12-32)57-53(60)43-25-24-42-44(49(43)55(57)62)31-45-52(51(42)50-41-8-6-5-7-34(41)17-26-46(50)59)56(63)58(54(45)61)38-20-13-33(14-21-38)10-16-36-30-40(65-2)23-28-48(36)67-4/h5-24,26-30,43-45,49,51-52,59H,25,31H2,1-4H3/t43-,44+,45+,49-,51+,52+/m0/s1. The van der Waals surface area contributed by atoms with Crippen LogP contribution in [0.4, 0.5) is 11.4 Å². The number of anilines is 2. The number of carbonyl (C=O) groups is 4. The molecule has 4 aliphatic rings. The summed E-state index contributed by atoms with van der Waals surface area (Å²) in [6, 6.07) is 36.7. The fourth-order valence-electron chi connectivity index (χ4n) is 10.8.